The number of nitrogens with zero attached hydrogens (tertiary/aromatic N) is 1. The first-order valence-electron chi connectivity index (χ1n) is 5.87. The van der Waals surface area contributed by atoms with Crippen LogP contribution >= 0.6 is 21.0 Å². The molecule has 2 heterocycles. The summed E-state index contributed by atoms with van der Waals surface area (Å²) in [5, 5.41) is 14.0. The molecule has 0 aliphatic carbocycles. The van der Waals surface area contributed by atoms with Gasteiger partial charge in [0.05, 0.1) is 10.4 Å². The van der Waals surface area contributed by atoms with Gasteiger partial charge in [0, 0.05) is 26.4 Å². The maximum Gasteiger partial charge on any atom is 0.170 e. The van der Waals surface area contributed by atoms with Crippen LogP contribution in [0.1, 0.15) is 24.2 Å². The van der Waals surface area contributed by atoms with E-state index in [1.165, 1.54) is 6.07 Å². The average molecular weight is 374 g/mol. The highest BCUT2D eigenvalue weighted by Crippen LogP contribution is 2.32. The Kier molecular flexibility index (Phi) is 3.36. The normalized spacial score (nSPS) is 16.1. The zero-order chi connectivity index (χ0) is 13.4. The van der Waals surface area contributed by atoms with E-state index in [9.17, 15) is 9.50 Å². The number of aliphatic hydroxyl groups excluding tert-OH is 1. The zero-order valence-electron chi connectivity index (χ0n) is 10.2. The molecular weight excluding hydrogens is 362 g/mol. The minimum Gasteiger partial charge on any atom is -0.461 e. The Bertz CT molecular complexity index is 693. The van der Waals surface area contributed by atoms with Crippen molar-refractivity contribution in [3.05, 3.63) is 35.3 Å². The van der Waals surface area contributed by atoms with E-state index in [4.69, 9.17) is 4.42 Å². The maximum absolute atomic E-state index is 13.7. The quantitative estimate of drug-likeness (QED) is 0.813. The lowest BCUT2D eigenvalue weighted by atomic mass is 9.99. The summed E-state index contributed by atoms with van der Waals surface area (Å²) in [6, 6.07) is 2.91. The number of rotatable bonds is 3. The van der Waals surface area contributed by atoms with Gasteiger partial charge in [0.1, 0.15) is 11.9 Å². The first-order valence-corrected chi connectivity index (χ1v) is 8.08. The Morgan fingerprint density at radius 3 is 3.05 bits per heavy atom. The number of aryl methyl sites for hydroxylation is 1. The van der Waals surface area contributed by atoms with E-state index in [-0.39, 0.29) is 26.6 Å². The molecule has 1 aliphatic heterocycles. The molecule has 0 bridgehead atoms. The molecule has 1 atom stereocenters. The smallest absolute Gasteiger partial charge is 0.170 e. The van der Waals surface area contributed by atoms with E-state index in [2.05, 4.69) is 8.52 Å². The second-order valence-electron chi connectivity index (χ2n) is 4.18. The SMILES string of the molecule is CCc1coc2c(F)ccc([C@H](O)C3=NI=CN3)c12. The van der Waals surface area contributed by atoms with Crippen LogP contribution in [0.15, 0.2) is 26.0 Å². The van der Waals surface area contributed by atoms with Gasteiger partial charge in [0.15, 0.2) is 11.4 Å². The second-order valence-corrected chi connectivity index (χ2v) is 5.84. The summed E-state index contributed by atoms with van der Waals surface area (Å²) in [6.07, 6.45) is 1.40. The van der Waals surface area contributed by atoms with Crippen molar-refractivity contribution >= 4 is 41.9 Å². The van der Waals surface area contributed by atoms with Crippen LogP contribution in [0.4, 0.5) is 4.39 Å². The molecule has 1 aromatic heterocycles. The van der Waals surface area contributed by atoms with Gasteiger partial charge in [0.25, 0.3) is 0 Å². The van der Waals surface area contributed by atoms with Gasteiger partial charge in [-0.15, -0.1) is 0 Å². The standard InChI is InChI=1S/C13H12FIN2O2/c1-2-7-5-19-12-9(14)4-3-8(10(7)12)11(18)13-16-6-15-17-13/h3-6,11,18H,2H2,1H3,(H,16,17)/t11-/m0/s1. The van der Waals surface area contributed by atoms with Crippen LogP contribution < -0.4 is 5.32 Å². The number of benzene rings is 1. The number of aliphatic hydroxyl groups is 1. The Morgan fingerprint density at radius 1 is 1.53 bits per heavy atom. The fourth-order valence-corrected chi connectivity index (χ4v) is 3.45. The van der Waals surface area contributed by atoms with Gasteiger partial charge in [-0.3, -0.25) is 0 Å². The number of fused-ring (bicyclic) bond motifs is 1. The summed E-state index contributed by atoms with van der Waals surface area (Å²) in [4.78, 5) is 0. The minimum atomic E-state index is -0.871. The van der Waals surface area contributed by atoms with Crippen molar-refractivity contribution in [2.45, 2.75) is 19.4 Å². The monoisotopic (exact) mass is 374 g/mol. The lowest BCUT2D eigenvalue weighted by Crippen LogP contribution is -2.25. The summed E-state index contributed by atoms with van der Waals surface area (Å²) < 4.78 is 25.1. The van der Waals surface area contributed by atoms with Crippen LogP contribution in [0.2, 0.25) is 0 Å². The van der Waals surface area contributed by atoms with Crippen molar-refractivity contribution in [3.8, 4) is 0 Å². The van der Waals surface area contributed by atoms with Gasteiger partial charge < -0.3 is 14.8 Å². The minimum absolute atomic E-state index is 0.200. The van der Waals surface area contributed by atoms with Crippen molar-refractivity contribution in [2.24, 2.45) is 3.21 Å². The van der Waals surface area contributed by atoms with Gasteiger partial charge in [-0.05, 0) is 23.6 Å². The third-order valence-corrected chi connectivity index (χ3v) is 4.50. The first-order chi connectivity index (χ1) is 9.22. The van der Waals surface area contributed by atoms with Crippen LogP contribution in [-0.2, 0) is 6.42 Å². The van der Waals surface area contributed by atoms with Gasteiger partial charge in [-0.25, -0.2) is 7.60 Å². The van der Waals surface area contributed by atoms with Crippen LogP contribution in [0, 0.1) is 5.82 Å². The first kappa shape index (κ1) is 12.7. The predicted octanol–water partition coefficient (Wildman–Crippen LogP) is 2.81. The molecule has 0 saturated carbocycles. The highest BCUT2D eigenvalue weighted by atomic mass is 127. The number of hydrogen-bond acceptors (Lipinski definition) is 4. The van der Waals surface area contributed by atoms with Crippen LogP contribution in [0.25, 0.3) is 11.0 Å². The largest absolute Gasteiger partial charge is 0.461 e. The van der Waals surface area contributed by atoms with Gasteiger partial charge >= 0.3 is 0 Å². The number of nitrogens with one attached hydrogen (secondary N) is 1. The topological polar surface area (TPSA) is 57.8 Å². The number of amidine groups is 1. The molecule has 3 rings (SSSR count). The molecule has 0 unspecified atom stereocenters. The number of halogens is 2. The third kappa shape index (κ3) is 2.08. The summed E-state index contributed by atoms with van der Waals surface area (Å²) in [5.41, 5.74) is 1.72. The molecule has 6 heteroatoms. The molecule has 19 heavy (non-hydrogen) atoms. The lowest BCUT2D eigenvalue weighted by Gasteiger charge is -2.13. The summed E-state index contributed by atoms with van der Waals surface area (Å²) in [7, 11) is 0. The highest BCUT2D eigenvalue weighted by molar-refractivity contribution is 14.2. The van der Waals surface area contributed by atoms with Gasteiger partial charge in [0.2, 0.25) is 0 Å². The lowest BCUT2D eigenvalue weighted by molar-refractivity contribution is 0.246. The van der Waals surface area contributed by atoms with E-state index in [0.717, 1.165) is 12.0 Å². The molecular formula is C13H12FIN2O2. The van der Waals surface area contributed by atoms with Crippen LogP contribution in [0.3, 0.4) is 0 Å². The number of furan rings is 1. The second kappa shape index (κ2) is 5.01. The van der Waals surface area contributed by atoms with Gasteiger partial charge in [-0.2, -0.15) is 0 Å². The number of hydrogen-bond donors (Lipinski definition) is 2. The van der Waals surface area contributed by atoms with Gasteiger partial charge in [-0.1, -0.05) is 13.0 Å². The van der Waals surface area contributed by atoms with E-state index in [1.807, 2.05) is 11.1 Å². The molecule has 0 amide bonds. The average Bonchev–Trinajstić information content (AvgIpc) is 3.08. The predicted molar refractivity (Wildman–Crippen MR) is 81.2 cm³/mol. The molecule has 1 aliphatic rings. The molecule has 0 radical (unpaired) electrons. The van der Waals surface area contributed by atoms with Crippen LogP contribution in [0.5, 0.6) is 0 Å². The molecule has 4 nitrogen and oxygen atoms in total. The summed E-state index contributed by atoms with van der Waals surface area (Å²) in [5.74, 6) is 0.120. The van der Waals surface area contributed by atoms with Crippen molar-refractivity contribution < 1.29 is 13.9 Å². The van der Waals surface area contributed by atoms with E-state index >= 15 is 0 Å². The maximum atomic E-state index is 13.7. The van der Waals surface area contributed by atoms with E-state index in [1.54, 1.807) is 12.3 Å². The molecule has 2 N–H and O–H groups in total. The molecule has 2 aromatic rings. The molecule has 0 spiro atoms. The Balaban J connectivity index is 2.17. The van der Waals surface area contributed by atoms with Crippen molar-refractivity contribution in [1.29, 1.82) is 0 Å². The highest BCUT2D eigenvalue weighted by Gasteiger charge is 2.23. The zero-order valence-corrected chi connectivity index (χ0v) is 12.3. The van der Waals surface area contributed by atoms with E-state index < -0.39 is 11.9 Å². The molecule has 0 fully saturated rings. The molecule has 1 aromatic carbocycles. The van der Waals surface area contributed by atoms with Crippen molar-refractivity contribution in [2.75, 3.05) is 0 Å². The Morgan fingerprint density at radius 2 is 2.37 bits per heavy atom. The van der Waals surface area contributed by atoms with Crippen molar-refractivity contribution in [1.82, 2.24) is 5.32 Å². The Hall–Kier alpha value is -1.28. The molecule has 0 saturated heterocycles. The van der Waals surface area contributed by atoms with E-state index in [0.29, 0.717) is 16.8 Å². The molecule has 100 valence electrons. The summed E-state index contributed by atoms with van der Waals surface area (Å²) in [6.45, 7) is 1.97. The summed E-state index contributed by atoms with van der Waals surface area (Å²) >= 11 is -0.380. The Labute approximate surface area is 119 Å². The van der Waals surface area contributed by atoms with Crippen LogP contribution in [-0.4, -0.2) is 15.1 Å². The van der Waals surface area contributed by atoms with Crippen molar-refractivity contribution in [3.63, 3.8) is 0 Å². The fourth-order valence-electron chi connectivity index (χ4n) is 2.15. The third-order valence-electron chi connectivity index (χ3n) is 3.11. The fraction of sp³-hybridized carbons (Fsp3) is 0.231.